The number of aromatic hydroxyl groups is 1. The molecule has 20 nitrogen and oxygen atoms in total. The van der Waals surface area contributed by atoms with E-state index in [0.29, 0.717) is 11.1 Å². The van der Waals surface area contributed by atoms with Crippen LogP contribution in [0.1, 0.15) is 93.1 Å². The minimum Gasteiger partial charge on any atom is -0.506 e. The van der Waals surface area contributed by atoms with Crippen molar-refractivity contribution in [2.24, 2.45) is 0 Å². The average molecular weight is 877 g/mol. The molecule has 0 aromatic heterocycles. The number of esters is 1. The molecule has 15 atom stereocenters. The smallest absolute Gasteiger partial charge is 0.303 e. The van der Waals surface area contributed by atoms with Gasteiger partial charge in [-0.05, 0) is 46.2 Å². The number of carbonyl (C=O) groups is 3. The first-order valence-electron chi connectivity index (χ1n) is 20.5. The highest BCUT2D eigenvalue weighted by Crippen LogP contribution is 2.72. The predicted octanol–water partition coefficient (Wildman–Crippen LogP) is 1.16. The number of rotatable bonds is 10. The summed E-state index contributed by atoms with van der Waals surface area (Å²) in [6, 6.07) is 1.71. The molecule has 0 saturated carbocycles. The molecule has 9 rings (SSSR count). The van der Waals surface area contributed by atoms with E-state index >= 15 is 0 Å². The van der Waals surface area contributed by atoms with Gasteiger partial charge >= 0.3 is 5.97 Å². The molecule has 6 aliphatic heterocycles. The van der Waals surface area contributed by atoms with Crippen molar-refractivity contribution in [3.05, 3.63) is 28.3 Å². The highest BCUT2D eigenvalue weighted by atomic mass is 16.9. The number of phenolic OH excluding ortho intramolecular Hbond substituents is 1. The van der Waals surface area contributed by atoms with Gasteiger partial charge in [-0.2, -0.15) is 0 Å². The molecule has 5 N–H and O–H groups in total. The van der Waals surface area contributed by atoms with Crippen molar-refractivity contribution in [1.29, 1.82) is 0 Å². The zero-order valence-corrected chi connectivity index (χ0v) is 35.6. The molecule has 0 radical (unpaired) electrons. The van der Waals surface area contributed by atoms with Gasteiger partial charge in [-0.25, -0.2) is 0 Å². The molecule has 2 unspecified atom stereocenters. The van der Waals surface area contributed by atoms with Gasteiger partial charge in [0.05, 0.1) is 49.1 Å². The summed E-state index contributed by atoms with van der Waals surface area (Å²) in [5.41, 5.74) is -4.74. The Hall–Kier alpha value is -3.61. The number of hydrogen-bond donors (Lipinski definition) is 5. The van der Waals surface area contributed by atoms with E-state index in [1.54, 1.807) is 19.9 Å². The molecule has 2 aromatic carbocycles. The maximum absolute atomic E-state index is 14.1. The molecule has 5 fully saturated rings. The minimum atomic E-state index is -2.24. The summed E-state index contributed by atoms with van der Waals surface area (Å²) in [6.07, 6.45) is -14.2. The second-order valence-electron chi connectivity index (χ2n) is 17.5. The Balaban J connectivity index is 1.18. The number of ketones is 2. The van der Waals surface area contributed by atoms with Gasteiger partial charge in [0.2, 0.25) is 11.9 Å². The first kappa shape index (κ1) is 43.6. The number of aliphatic hydroxyl groups is 4. The highest BCUT2D eigenvalue weighted by molar-refractivity contribution is 6.13. The summed E-state index contributed by atoms with van der Waals surface area (Å²) in [5, 5.41) is 57.6. The third-order valence-electron chi connectivity index (χ3n) is 13.7. The van der Waals surface area contributed by atoms with E-state index in [4.69, 9.17) is 56.8 Å². The van der Waals surface area contributed by atoms with Gasteiger partial charge in [-0.15, -0.1) is 0 Å². The zero-order chi connectivity index (χ0) is 44.8. The van der Waals surface area contributed by atoms with Gasteiger partial charge in [-0.3, -0.25) is 14.4 Å². The lowest BCUT2D eigenvalue weighted by Gasteiger charge is -2.52. The molecule has 0 amide bonds. The third kappa shape index (κ3) is 5.69. The Morgan fingerprint density at radius 1 is 0.984 bits per heavy atom. The Labute approximate surface area is 355 Å². The lowest BCUT2D eigenvalue weighted by atomic mass is 9.77. The van der Waals surface area contributed by atoms with Crippen LogP contribution < -0.4 is 9.47 Å². The maximum Gasteiger partial charge on any atom is 0.303 e. The molecule has 62 heavy (non-hydrogen) atoms. The molecule has 20 heteroatoms. The number of Topliss-reactive ketones (excluding diaryl/α,β-unsaturated/α-hetero) is 2. The standard InChI is InChI=1S/C42H52O20/c1-15-10-20-27(31(48)29-28(32(20)51-7)22(11-21(45)30(29)47)58-25-13-38(6,49)35(16(2)55-25)57-19(5)44)33-26(15)34-36-41(60-33,39(14-54-39)42(61-34,62-36)37(52-8)53-9)59-24-12-23(46)40(50,17(3)43)18(4)56-24/h10,16,18,21-25,34-37,45-46,48-50H,11-14H2,1-9H3/t16-,18-,21-,22-,23+,24-,25-,34?,35+,36?,38+,39-,40+,41-,42+/m0/s1. The number of phenols is 1. The Morgan fingerprint density at radius 3 is 2.26 bits per heavy atom. The van der Waals surface area contributed by atoms with Crippen LogP contribution in [0.3, 0.4) is 0 Å². The lowest BCUT2D eigenvalue weighted by molar-refractivity contribution is -0.385. The molecule has 7 aliphatic rings. The first-order chi connectivity index (χ1) is 29.2. The predicted molar refractivity (Wildman–Crippen MR) is 204 cm³/mol. The normalized spacial score (nSPS) is 42.8. The number of hydrogen-bond acceptors (Lipinski definition) is 20. The number of epoxide rings is 1. The van der Waals surface area contributed by atoms with Crippen molar-refractivity contribution >= 4 is 28.3 Å². The SMILES string of the molecule is COc1c2c(c(O)c3c4c(c(C)cc13)C1O[C@]3(C(OC)OC)OC1[C@](O[C@H]1C[C@@H](O)[C@@](O)(C(C)=O)[C@H](C)O1)(O4)[C@@]31CO1)C(=O)[C@@H](O)C[C@@H]2O[C@H]1C[C@@](C)(O)[C@H](OC(C)=O)[C@H](C)O1. The molecule has 6 heterocycles. The lowest BCUT2D eigenvalue weighted by Crippen LogP contribution is -2.72. The van der Waals surface area contributed by atoms with Gasteiger partial charge in [-0.1, -0.05) is 0 Å². The summed E-state index contributed by atoms with van der Waals surface area (Å²) >= 11 is 0. The van der Waals surface area contributed by atoms with Crippen molar-refractivity contribution in [3.8, 4) is 17.2 Å². The average Bonchev–Trinajstić information content (AvgIpc) is 3.86. The summed E-state index contributed by atoms with van der Waals surface area (Å²) in [6.45, 7) is 8.56. The summed E-state index contributed by atoms with van der Waals surface area (Å²) in [4.78, 5) is 38.4. The number of aliphatic hydroxyl groups excluding tert-OH is 2. The highest BCUT2D eigenvalue weighted by Gasteiger charge is 2.94. The molecule has 5 saturated heterocycles. The van der Waals surface area contributed by atoms with E-state index in [-0.39, 0.29) is 52.8 Å². The van der Waals surface area contributed by atoms with E-state index in [0.717, 1.165) is 6.92 Å². The van der Waals surface area contributed by atoms with Gasteiger partial charge in [0.15, 0.2) is 42.0 Å². The second kappa shape index (κ2) is 14.4. The number of methoxy groups -OCH3 is 3. The van der Waals surface area contributed by atoms with Crippen molar-refractivity contribution in [1.82, 2.24) is 0 Å². The number of carbonyl (C=O) groups excluding carboxylic acids is 3. The van der Waals surface area contributed by atoms with Crippen LogP contribution in [0.15, 0.2) is 6.07 Å². The fourth-order valence-electron chi connectivity index (χ4n) is 10.8. The van der Waals surface area contributed by atoms with Crippen LogP contribution in [0.5, 0.6) is 17.2 Å². The fraction of sp³-hybridized carbons (Fsp3) is 0.690. The van der Waals surface area contributed by atoms with Gasteiger partial charge in [0, 0.05) is 56.9 Å². The first-order valence-corrected chi connectivity index (χ1v) is 20.5. The van der Waals surface area contributed by atoms with Crippen LogP contribution in [-0.2, 0) is 57.0 Å². The molecule has 1 spiro atoms. The van der Waals surface area contributed by atoms with Gasteiger partial charge < -0.3 is 82.4 Å². The number of aryl methyl sites for hydroxylation is 1. The van der Waals surface area contributed by atoms with Crippen molar-refractivity contribution in [2.75, 3.05) is 27.9 Å². The van der Waals surface area contributed by atoms with E-state index in [2.05, 4.69) is 0 Å². The number of fused-ring (bicyclic) bond motifs is 8. The van der Waals surface area contributed by atoms with Crippen molar-refractivity contribution in [3.63, 3.8) is 0 Å². The Kier molecular flexibility index (Phi) is 10.2. The van der Waals surface area contributed by atoms with Gasteiger partial charge in [0.1, 0.15) is 35.1 Å². The van der Waals surface area contributed by atoms with Crippen LogP contribution >= 0.6 is 0 Å². The number of ether oxygens (including phenoxy) is 12. The van der Waals surface area contributed by atoms with Crippen molar-refractivity contribution in [2.45, 2.75) is 157 Å². The van der Waals surface area contributed by atoms with Gasteiger partial charge in [0.25, 0.3) is 11.6 Å². The minimum absolute atomic E-state index is 0.0211. The van der Waals surface area contributed by atoms with Crippen LogP contribution in [0, 0.1) is 6.92 Å². The summed E-state index contributed by atoms with van der Waals surface area (Å²) in [7, 11) is 4.14. The summed E-state index contributed by atoms with van der Waals surface area (Å²) < 4.78 is 74.9. The van der Waals surface area contributed by atoms with Crippen molar-refractivity contribution < 1.29 is 96.8 Å². The molecule has 1 aliphatic carbocycles. The number of benzene rings is 2. The molecule has 2 bridgehead atoms. The monoisotopic (exact) mass is 876 g/mol. The fourth-order valence-corrected chi connectivity index (χ4v) is 10.8. The van der Waals surface area contributed by atoms with Crippen LogP contribution in [0.2, 0.25) is 0 Å². The van der Waals surface area contributed by atoms with E-state index in [9.17, 15) is 39.9 Å². The third-order valence-corrected chi connectivity index (χ3v) is 13.7. The quantitative estimate of drug-likeness (QED) is 0.127. The van der Waals surface area contributed by atoms with E-state index in [1.807, 2.05) is 0 Å². The zero-order valence-electron chi connectivity index (χ0n) is 35.6. The van der Waals surface area contributed by atoms with E-state index < -0.39 is 126 Å². The molecular weight excluding hydrogens is 824 g/mol. The second-order valence-corrected chi connectivity index (χ2v) is 17.5. The molecular formula is C42H52O20. The Morgan fingerprint density at radius 2 is 1.68 bits per heavy atom. The largest absolute Gasteiger partial charge is 0.506 e. The van der Waals surface area contributed by atoms with Crippen LogP contribution in [0.4, 0.5) is 0 Å². The summed E-state index contributed by atoms with van der Waals surface area (Å²) in [5.74, 6) is -6.52. The Bertz CT molecular complexity index is 2200. The van der Waals surface area contributed by atoms with Crippen LogP contribution in [-0.4, -0.2) is 155 Å². The van der Waals surface area contributed by atoms with E-state index in [1.165, 1.54) is 42.1 Å². The molecule has 340 valence electrons. The molecule has 2 aromatic rings. The topological polar surface area (TPSA) is 266 Å². The maximum atomic E-state index is 14.1. The van der Waals surface area contributed by atoms with Crippen LogP contribution in [0.25, 0.3) is 10.8 Å².